The predicted molar refractivity (Wildman–Crippen MR) is 56.0 cm³/mol. The van der Waals surface area contributed by atoms with Gasteiger partial charge in [0.05, 0.1) is 0 Å². The van der Waals surface area contributed by atoms with Crippen LogP contribution < -0.4 is 5.73 Å². The largest absolute Gasteiger partial charge is 0.480 e. The molecule has 0 spiro atoms. The third kappa shape index (κ3) is 3.34. The van der Waals surface area contributed by atoms with Crippen molar-refractivity contribution in [1.29, 1.82) is 0 Å². The molecule has 0 unspecified atom stereocenters. The third-order valence-corrected chi connectivity index (χ3v) is 2.14. The van der Waals surface area contributed by atoms with Gasteiger partial charge in [0.2, 0.25) is 0 Å². The number of carbonyl (C=O) groups excluding carboxylic acids is 1. The van der Waals surface area contributed by atoms with Crippen LogP contribution in [0.5, 0.6) is 0 Å². The molecule has 5 heteroatoms. The molecule has 0 saturated carbocycles. The molecule has 80 valence electrons. The van der Waals surface area contributed by atoms with E-state index in [9.17, 15) is 9.59 Å². The van der Waals surface area contributed by atoms with Gasteiger partial charge in [0.1, 0.15) is 6.04 Å². The summed E-state index contributed by atoms with van der Waals surface area (Å²) in [6.45, 7) is 0. The molecular formula is C10H10ClNO3. The first-order valence-electron chi connectivity index (χ1n) is 4.28. The van der Waals surface area contributed by atoms with Crippen molar-refractivity contribution in [3.8, 4) is 0 Å². The Balaban J connectivity index is 2.69. The van der Waals surface area contributed by atoms with Crippen LogP contribution in [0.1, 0.15) is 16.8 Å². The fraction of sp³-hybridized carbons (Fsp3) is 0.200. The number of halogens is 1. The van der Waals surface area contributed by atoms with Gasteiger partial charge >= 0.3 is 5.97 Å². The maximum atomic E-state index is 11.5. The van der Waals surface area contributed by atoms with E-state index < -0.39 is 12.0 Å². The minimum absolute atomic E-state index is 0.211. The highest BCUT2D eigenvalue weighted by atomic mass is 35.5. The Kier molecular flexibility index (Phi) is 3.82. The van der Waals surface area contributed by atoms with E-state index in [1.165, 1.54) is 0 Å². The van der Waals surface area contributed by atoms with E-state index >= 15 is 0 Å². The van der Waals surface area contributed by atoms with E-state index in [0.717, 1.165) is 0 Å². The van der Waals surface area contributed by atoms with Gasteiger partial charge in [-0.1, -0.05) is 11.6 Å². The Hall–Kier alpha value is -1.39. The van der Waals surface area contributed by atoms with Crippen molar-refractivity contribution in [2.45, 2.75) is 12.5 Å². The van der Waals surface area contributed by atoms with Crippen LogP contribution in [0.25, 0.3) is 0 Å². The van der Waals surface area contributed by atoms with Crippen LogP contribution in [0.15, 0.2) is 24.3 Å². The number of nitrogens with two attached hydrogens (primary N) is 1. The number of hydrogen-bond acceptors (Lipinski definition) is 3. The molecule has 0 fully saturated rings. The number of ketones is 1. The summed E-state index contributed by atoms with van der Waals surface area (Å²) in [6.07, 6.45) is -0.211. The highest BCUT2D eigenvalue weighted by Gasteiger charge is 2.17. The number of carboxylic acids is 1. The molecule has 1 aromatic rings. The molecule has 0 bridgehead atoms. The number of carbonyl (C=O) groups is 2. The van der Waals surface area contributed by atoms with Gasteiger partial charge in [0, 0.05) is 17.0 Å². The second kappa shape index (κ2) is 4.91. The van der Waals surface area contributed by atoms with Gasteiger partial charge in [-0.05, 0) is 24.3 Å². The molecule has 4 nitrogen and oxygen atoms in total. The second-order valence-corrected chi connectivity index (χ2v) is 3.52. The second-order valence-electron chi connectivity index (χ2n) is 3.08. The lowest BCUT2D eigenvalue weighted by atomic mass is 10.0. The summed E-state index contributed by atoms with van der Waals surface area (Å²) in [5, 5.41) is 9.05. The van der Waals surface area contributed by atoms with E-state index in [1.54, 1.807) is 24.3 Å². The average Bonchev–Trinajstić information content (AvgIpc) is 2.18. The fourth-order valence-electron chi connectivity index (χ4n) is 1.04. The van der Waals surface area contributed by atoms with Crippen LogP contribution in [0.3, 0.4) is 0 Å². The zero-order valence-corrected chi connectivity index (χ0v) is 8.57. The summed E-state index contributed by atoms with van der Waals surface area (Å²) < 4.78 is 0. The van der Waals surface area contributed by atoms with Crippen molar-refractivity contribution in [2.24, 2.45) is 5.73 Å². The SMILES string of the molecule is N[C@H](CC(=O)c1ccc(Cl)cc1)C(=O)O. The Morgan fingerprint density at radius 1 is 1.33 bits per heavy atom. The van der Waals surface area contributed by atoms with Gasteiger partial charge in [0.25, 0.3) is 0 Å². The van der Waals surface area contributed by atoms with Crippen LogP contribution in [0, 0.1) is 0 Å². The highest BCUT2D eigenvalue weighted by molar-refractivity contribution is 6.30. The van der Waals surface area contributed by atoms with E-state index in [4.69, 9.17) is 22.4 Å². The maximum absolute atomic E-state index is 11.5. The number of carboxylic acid groups (broad SMARTS) is 1. The van der Waals surface area contributed by atoms with Gasteiger partial charge in [0.15, 0.2) is 5.78 Å². The summed E-state index contributed by atoms with van der Waals surface area (Å²) >= 11 is 5.64. The van der Waals surface area contributed by atoms with Crippen molar-refractivity contribution in [3.63, 3.8) is 0 Å². The number of hydrogen-bond donors (Lipinski definition) is 2. The molecule has 0 radical (unpaired) electrons. The lowest BCUT2D eigenvalue weighted by molar-refractivity contribution is -0.138. The standard InChI is InChI=1S/C10H10ClNO3/c11-7-3-1-6(2-4-7)9(13)5-8(12)10(14)15/h1-4,8H,5,12H2,(H,14,15)/t8-/m1/s1. The average molecular weight is 228 g/mol. The molecule has 1 atom stereocenters. The Bertz CT molecular complexity index is 375. The van der Waals surface area contributed by atoms with Gasteiger partial charge in [-0.2, -0.15) is 0 Å². The van der Waals surface area contributed by atoms with Crippen molar-refractivity contribution in [2.75, 3.05) is 0 Å². The zero-order chi connectivity index (χ0) is 11.4. The summed E-state index contributed by atoms with van der Waals surface area (Å²) in [4.78, 5) is 21.9. The first-order valence-corrected chi connectivity index (χ1v) is 4.65. The molecule has 0 aliphatic rings. The Morgan fingerprint density at radius 2 is 1.87 bits per heavy atom. The fourth-order valence-corrected chi connectivity index (χ4v) is 1.17. The first kappa shape index (κ1) is 11.7. The van der Waals surface area contributed by atoms with Crippen LogP contribution in [-0.2, 0) is 4.79 Å². The summed E-state index contributed by atoms with van der Waals surface area (Å²) in [7, 11) is 0. The van der Waals surface area contributed by atoms with E-state index in [0.29, 0.717) is 10.6 Å². The predicted octanol–water partition coefficient (Wildman–Crippen LogP) is 1.32. The molecule has 1 aromatic carbocycles. The molecule has 15 heavy (non-hydrogen) atoms. The summed E-state index contributed by atoms with van der Waals surface area (Å²) in [5.41, 5.74) is 5.65. The topological polar surface area (TPSA) is 80.4 Å². The molecule has 1 rings (SSSR count). The quantitative estimate of drug-likeness (QED) is 0.761. The summed E-state index contributed by atoms with van der Waals surface area (Å²) in [6, 6.07) is 5.06. The normalized spacial score (nSPS) is 12.1. The smallest absolute Gasteiger partial charge is 0.320 e. The first-order chi connectivity index (χ1) is 7.00. The summed E-state index contributed by atoms with van der Waals surface area (Å²) in [5.74, 6) is -1.49. The van der Waals surface area contributed by atoms with E-state index in [-0.39, 0.29) is 12.2 Å². The number of rotatable bonds is 4. The molecule has 0 aliphatic carbocycles. The van der Waals surface area contributed by atoms with Crippen LogP contribution in [0.4, 0.5) is 0 Å². The third-order valence-electron chi connectivity index (χ3n) is 1.89. The van der Waals surface area contributed by atoms with Crippen molar-refractivity contribution in [3.05, 3.63) is 34.9 Å². The van der Waals surface area contributed by atoms with Gasteiger partial charge in [-0.25, -0.2) is 0 Å². The maximum Gasteiger partial charge on any atom is 0.320 e. The number of benzene rings is 1. The molecule has 0 saturated heterocycles. The number of Topliss-reactive ketones (excluding diaryl/α,β-unsaturated/α-hetero) is 1. The zero-order valence-electron chi connectivity index (χ0n) is 7.81. The van der Waals surface area contributed by atoms with Crippen LogP contribution in [-0.4, -0.2) is 22.9 Å². The van der Waals surface area contributed by atoms with Crippen LogP contribution in [0.2, 0.25) is 5.02 Å². The lowest BCUT2D eigenvalue weighted by Gasteiger charge is -2.05. The van der Waals surface area contributed by atoms with Crippen molar-refractivity contribution in [1.82, 2.24) is 0 Å². The van der Waals surface area contributed by atoms with Crippen LogP contribution >= 0.6 is 11.6 Å². The van der Waals surface area contributed by atoms with E-state index in [1.807, 2.05) is 0 Å². The lowest BCUT2D eigenvalue weighted by Crippen LogP contribution is -2.32. The van der Waals surface area contributed by atoms with Gasteiger partial charge in [-0.15, -0.1) is 0 Å². The molecule has 0 amide bonds. The van der Waals surface area contributed by atoms with Gasteiger partial charge in [-0.3, -0.25) is 9.59 Å². The van der Waals surface area contributed by atoms with Crippen molar-refractivity contribution < 1.29 is 14.7 Å². The van der Waals surface area contributed by atoms with Gasteiger partial charge < -0.3 is 10.8 Å². The monoisotopic (exact) mass is 227 g/mol. The molecule has 0 aromatic heterocycles. The minimum Gasteiger partial charge on any atom is -0.480 e. The number of aliphatic carboxylic acids is 1. The van der Waals surface area contributed by atoms with Crippen molar-refractivity contribution >= 4 is 23.4 Å². The van der Waals surface area contributed by atoms with E-state index in [2.05, 4.69) is 0 Å². The minimum atomic E-state index is -1.18. The molecular weight excluding hydrogens is 218 g/mol. The molecule has 0 aliphatic heterocycles. The Labute approximate surface area is 91.7 Å². The Morgan fingerprint density at radius 3 is 2.33 bits per heavy atom. The highest BCUT2D eigenvalue weighted by Crippen LogP contribution is 2.11. The molecule has 0 heterocycles. The molecule has 3 N–H and O–H groups in total.